The molecule has 0 aromatic heterocycles. The fraction of sp³-hybridized carbons (Fsp3) is 0.647. The molecule has 1 nitrogen and oxygen atoms in total. The molecule has 3 unspecified atom stereocenters. The van der Waals surface area contributed by atoms with Crippen LogP contribution in [-0.4, -0.2) is 6.04 Å². The second kappa shape index (κ2) is 4.46. The Morgan fingerprint density at radius 1 is 1.30 bits per heavy atom. The van der Waals surface area contributed by atoms with Crippen molar-refractivity contribution < 1.29 is 4.39 Å². The van der Waals surface area contributed by atoms with Crippen molar-refractivity contribution in [3.05, 3.63) is 28.0 Å². The van der Waals surface area contributed by atoms with E-state index in [0.29, 0.717) is 15.9 Å². The number of hydrogen-bond donors (Lipinski definition) is 1. The van der Waals surface area contributed by atoms with E-state index in [1.165, 1.54) is 19.3 Å². The smallest absolute Gasteiger partial charge is 0.139 e. The Labute approximate surface area is 129 Å². The molecule has 1 N–H and O–H groups in total. The summed E-state index contributed by atoms with van der Waals surface area (Å²) in [5.74, 6) is 0.606. The second-order valence-electron chi connectivity index (χ2n) is 7.57. The van der Waals surface area contributed by atoms with E-state index in [9.17, 15) is 4.39 Å². The maximum absolute atomic E-state index is 13.8. The number of rotatable bonds is 2. The molecule has 2 saturated carbocycles. The lowest BCUT2D eigenvalue weighted by atomic mass is 9.68. The van der Waals surface area contributed by atoms with Crippen LogP contribution in [0.15, 0.2) is 16.6 Å². The van der Waals surface area contributed by atoms with Crippen molar-refractivity contribution in [2.45, 2.75) is 53.0 Å². The minimum absolute atomic E-state index is 0.191. The molecule has 3 heteroatoms. The molecule has 3 rings (SSSR count). The fourth-order valence-corrected chi connectivity index (χ4v) is 5.08. The average molecular weight is 340 g/mol. The SMILES string of the molecule is Cc1cc(Br)c(F)cc1NC1C2(C)CCC(C2)C1(C)C. The molecule has 2 bridgehead atoms. The van der Waals surface area contributed by atoms with E-state index in [4.69, 9.17) is 0 Å². The van der Waals surface area contributed by atoms with Gasteiger partial charge in [0, 0.05) is 11.7 Å². The molecule has 2 aliphatic rings. The highest BCUT2D eigenvalue weighted by Crippen LogP contribution is 2.63. The van der Waals surface area contributed by atoms with Crippen LogP contribution in [0.4, 0.5) is 10.1 Å². The van der Waals surface area contributed by atoms with E-state index in [1.54, 1.807) is 6.07 Å². The normalized spacial score (nSPS) is 34.5. The van der Waals surface area contributed by atoms with Crippen molar-refractivity contribution in [2.24, 2.45) is 16.7 Å². The lowest BCUT2D eigenvalue weighted by Crippen LogP contribution is -2.45. The standard InChI is InChI=1S/C17H23BrFN/c1-10-7-12(18)13(19)8-14(10)20-15-16(2,3)11-5-6-17(15,4)9-11/h7-8,11,15,20H,5-6,9H2,1-4H3. The topological polar surface area (TPSA) is 12.0 Å². The third-order valence-electron chi connectivity index (χ3n) is 5.84. The first-order chi connectivity index (χ1) is 9.24. The first-order valence-corrected chi connectivity index (χ1v) is 8.25. The van der Waals surface area contributed by atoms with E-state index < -0.39 is 0 Å². The Hall–Kier alpha value is -0.570. The third kappa shape index (κ3) is 2.01. The molecule has 110 valence electrons. The number of hydrogen-bond acceptors (Lipinski definition) is 1. The van der Waals surface area contributed by atoms with Crippen LogP contribution in [0.2, 0.25) is 0 Å². The second-order valence-corrected chi connectivity index (χ2v) is 8.43. The van der Waals surface area contributed by atoms with Gasteiger partial charge in [0.25, 0.3) is 0 Å². The summed E-state index contributed by atoms with van der Waals surface area (Å²) in [7, 11) is 0. The molecule has 0 aliphatic heterocycles. The van der Waals surface area contributed by atoms with Crippen LogP contribution < -0.4 is 5.32 Å². The molecule has 0 radical (unpaired) electrons. The van der Waals surface area contributed by atoms with E-state index in [1.807, 2.05) is 13.0 Å². The summed E-state index contributed by atoms with van der Waals surface area (Å²) in [5.41, 5.74) is 2.67. The van der Waals surface area contributed by atoms with Crippen LogP contribution in [0, 0.1) is 29.5 Å². The van der Waals surface area contributed by atoms with E-state index in [-0.39, 0.29) is 11.2 Å². The van der Waals surface area contributed by atoms with Crippen molar-refractivity contribution in [3.8, 4) is 0 Å². The average Bonchev–Trinajstić information content (AvgIpc) is 2.82. The quantitative estimate of drug-likeness (QED) is 0.747. The van der Waals surface area contributed by atoms with E-state index in [0.717, 1.165) is 17.2 Å². The van der Waals surface area contributed by atoms with Gasteiger partial charge in [-0.2, -0.15) is 0 Å². The Kier molecular flexibility index (Phi) is 3.20. The van der Waals surface area contributed by atoms with Gasteiger partial charge in [0.15, 0.2) is 0 Å². The van der Waals surface area contributed by atoms with Gasteiger partial charge in [0.1, 0.15) is 5.82 Å². The van der Waals surface area contributed by atoms with Crippen LogP contribution in [0.25, 0.3) is 0 Å². The highest BCUT2D eigenvalue weighted by atomic mass is 79.9. The maximum Gasteiger partial charge on any atom is 0.139 e. The molecule has 3 atom stereocenters. The van der Waals surface area contributed by atoms with E-state index >= 15 is 0 Å². The highest BCUT2D eigenvalue weighted by Gasteiger charge is 2.59. The van der Waals surface area contributed by atoms with E-state index in [2.05, 4.69) is 42.0 Å². The number of fused-ring (bicyclic) bond motifs is 2. The minimum atomic E-state index is -0.191. The zero-order valence-electron chi connectivity index (χ0n) is 12.7. The van der Waals surface area contributed by atoms with Gasteiger partial charge in [-0.15, -0.1) is 0 Å². The van der Waals surface area contributed by atoms with Gasteiger partial charge in [-0.1, -0.05) is 20.8 Å². The van der Waals surface area contributed by atoms with Crippen molar-refractivity contribution in [1.82, 2.24) is 0 Å². The number of anilines is 1. The molecule has 0 spiro atoms. The van der Waals surface area contributed by atoms with Crippen LogP contribution >= 0.6 is 15.9 Å². The first kappa shape index (κ1) is 14.4. The van der Waals surface area contributed by atoms with Gasteiger partial charge in [-0.3, -0.25) is 0 Å². The van der Waals surface area contributed by atoms with Gasteiger partial charge in [-0.25, -0.2) is 4.39 Å². The number of halogens is 2. The summed E-state index contributed by atoms with van der Waals surface area (Å²) >= 11 is 3.26. The zero-order valence-corrected chi connectivity index (χ0v) is 14.3. The molecule has 1 aromatic carbocycles. The summed E-state index contributed by atoms with van der Waals surface area (Å²) in [6, 6.07) is 3.92. The van der Waals surface area contributed by atoms with Gasteiger partial charge < -0.3 is 5.32 Å². The number of nitrogens with one attached hydrogen (secondary N) is 1. The summed E-state index contributed by atoms with van der Waals surface area (Å²) in [4.78, 5) is 0. The molecule has 0 heterocycles. The monoisotopic (exact) mass is 339 g/mol. The lowest BCUT2D eigenvalue weighted by molar-refractivity contribution is 0.155. The summed E-state index contributed by atoms with van der Waals surface area (Å²) in [5, 5.41) is 3.68. The van der Waals surface area contributed by atoms with Crippen LogP contribution in [0.3, 0.4) is 0 Å². The number of benzene rings is 1. The maximum atomic E-state index is 13.8. The fourth-order valence-electron chi connectivity index (χ4n) is 4.62. The molecule has 20 heavy (non-hydrogen) atoms. The molecule has 2 fully saturated rings. The van der Waals surface area contributed by atoms with Crippen molar-refractivity contribution in [1.29, 1.82) is 0 Å². The molecule has 0 saturated heterocycles. The largest absolute Gasteiger partial charge is 0.381 e. The minimum Gasteiger partial charge on any atom is -0.381 e. The van der Waals surface area contributed by atoms with Gasteiger partial charge >= 0.3 is 0 Å². The van der Waals surface area contributed by atoms with Crippen molar-refractivity contribution in [2.75, 3.05) is 5.32 Å². The van der Waals surface area contributed by atoms with Crippen LogP contribution in [0.5, 0.6) is 0 Å². The molecular formula is C17H23BrFN. The zero-order chi connectivity index (χ0) is 14.7. The molecule has 2 aliphatic carbocycles. The Balaban J connectivity index is 1.93. The van der Waals surface area contributed by atoms with Gasteiger partial charge in [-0.05, 0) is 76.6 Å². The van der Waals surface area contributed by atoms with Gasteiger partial charge in [0.05, 0.1) is 4.47 Å². The van der Waals surface area contributed by atoms with Crippen LogP contribution in [0.1, 0.15) is 45.6 Å². The van der Waals surface area contributed by atoms with Crippen molar-refractivity contribution >= 4 is 21.6 Å². The summed E-state index contributed by atoms with van der Waals surface area (Å²) in [6.07, 6.45) is 3.93. The van der Waals surface area contributed by atoms with Crippen molar-refractivity contribution in [3.63, 3.8) is 0 Å². The lowest BCUT2D eigenvalue weighted by Gasteiger charge is -2.44. The van der Waals surface area contributed by atoms with Crippen LogP contribution in [-0.2, 0) is 0 Å². The number of aryl methyl sites for hydroxylation is 1. The predicted molar refractivity (Wildman–Crippen MR) is 85.5 cm³/mol. The van der Waals surface area contributed by atoms with Gasteiger partial charge in [0.2, 0.25) is 0 Å². The predicted octanol–water partition coefficient (Wildman–Crippen LogP) is 5.52. The first-order valence-electron chi connectivity index (χ1n) is 7.46. The highest BCUT2D eigenvalue weighted by molar-refractivity contribution is 9.10. The molecular weight excluding hydrogens is 317 g/mol. The summed E-state index contributed by atoms with van der Waals surface area (Å²) < 4.78 is 14.4. The Bertz CT molecular complexity index is 549. The molecule has 1 aromatic rings. The summed E-state index contributed by atoms with van der Waals surface area (Å²) in [6.45, 7) is 9.16. The third-order valence-corrected chi connectivity index (χ3v) is 6.44. The Morgan fingerprint density at radius 3 is 2.60 bits per heavy atom. The Morgan fingerprint density at radius 2 is 2.00 bits per heavy atom. The molecule has 0 amide bonds.